The van der Waals surface area contributed by atoms with E-state index in [1.807, 2.05) is 6.92 Å². The van der Waals surface area contributed by atoms with Gasteiger partial charge in [-0.1, -0.05) is 17.7 Å². The maximum Gasteiger partial charge on any atom is 0.229 e. The van der Waals surface area contributed by atoms with Gasteiger partial charge in [-0.15, -0.1) is 5.10 Å². The molecule has 0 saturated carbocycles. The third kappa shape index (κ3) is 1.98. The first-order valence-corrected chi connectivity index (χ1v) is 7.50. The zero-order valence-corrected chi connectivity index (χ0v) is 11.8. The van der Waals surface area contributed by atoms with E-state index < -0.39 is 9.84 Å². The lowest BCUT2D eigenvalue weighted by Crippen LogP contribution is -2.06. The summed E-state index contributed by atoms with van der Waals surface area (Å²) >= 11 is 0. The number of aryl methyl sites for hydroxylation is 2. The smallest absolute Gasteiger partial charge is 0.229 e. The molecule has 102 valence electrons. The number of hydrogen-bond acceptors (Lipinski definition) is 5. The van der Waals surface area contributed by atoms with Crippen LogP contribution in [0.15, 0.2) is 50.9 Å². The van der Waals surface area contributed by atoms with Crippen molar-refractivity contribution in [1.29, 1.82) is 0 Å². The Morgan fingerprint density at radius 1 is 1.10 bits per heavy atom. The van der Waals surface area contributed by atoms with E-state index in [0.29, 0.717) is 11.1 Å². The predicted octanol–water partition coefficient (Wildman–Crippen LogP) is 2.67. The van der Waals surface area contributed by atoms with Crippen LogP contribution in [0.5, 0.6) is 0 Å². The number of hydrogen-bond donors (Lipinski definition) is 0. The Morgan fingerprint density at radius 3 is 2.50 bits per heavy atom. The van der Waals surface area contributed by atoms with Crippen LogP contribution in [0.4, 0.5) is 0 Å². The Bertz CT molecular complexity index is 880. The first-order chi connectivity index (χ1) is 9.48. The molecule has 0 aliphatic heterocycles. The molecular formula is C14H12N2O3S. The van der Waals surface area contributed by atoms with Crippen molar-refractivity contribution in [1.82, 2.24) is 10.2 Å². The highest BCUT2D eigenvalue weighted by Gasteiger charge is 2.25. The molecule has 0 bridgehead atoms. The van der Waals surface area contributed by atoms with Gasteiger partial charge in [0.2, 0.25) is 14.9 Å². The minimum absolute atomic E-state index is 0.146. The summed E-state index contributed by atoms with van der Waals surface area (Å²) in [6, 6.07) is 8.34. The van der Waals surface area contributed by atoms with E-state index in [0.717, 1.165) is 5.56 Å². The quantitative estimate of drug-likeness (QED) is 0.725. The van der Waals surface area contributed by atoms with E-state index in [4.69, 9.17) is 4.42 Å². The van der Waals surface area contributed by atoms with Crippen LogP contribution < -0.4 is 0 Å². The fourth-order valence-corrected chi connectivity index (χ4v) is 3.27. The summed E-state index contributed by atoms with van der Waals surface area (Å²) in [6.45, 7) is 3.65. The van der Waals surface area contributed by atoms with E-state index in [1.165, 1.54) is 6.20 Å². The molecular weight excluding hydrogens is 276 g/mol. The summed E-state index contributed by atoms with van der Waals surface area (Å²) in [5.74, 6) is 0.621. The highest BCUT2D eigenvalue weighted by molar-refractivity contribution is 7.91. The molecule has 0 spiro atoms. The number of furan rings is 1. The predicted molar refractivity (Wildman–Crippen MR) is 73.2 cm³/mol. The van der Waals surface area contributed by atoms with Gasteiger partial charge < -0.3 is 4.42 Å². The lowest BCUT2D eigenvalue weighted by molar-refractivity contribution is 0.555. The molecule has 0 aliphatic rings. The molecule has 0 unspecified atom stereocenters. The van der Waals surface area contributed by atoms with Crippen LogP contribution in [-0.4, -0.2) is 18.6 Å². The molecule has 0 radical (unpaired) electrons. The van der Waals surface area contributed by atoms with E-state index in [-0.39, 0.29) is 15.5 Å². The summed E-state index contributed by atoms with van der Waals surface area (Å²) < 4.78 is 30.7. The standard InChI is InChI=1S/C14H12N2O3S/c1-9-3-5-12(6-4-9)20(17,18)14-13-11(8-15-16-14)7-10(2)19-13/h3-8H,1-2H3. The number of benzene rings is 1. The summed E-state index contributed by atoms with van der Waals surface area (Å²) in [5, 5.41) is 7.99. The average Bonchev–Trinajstić information content (AvgIpc) is 2.78. The van der Waals surface area contributed by atoms with Gasteiger partial charge in [-0.3, -0.25) is 0 Å². The number of aromatic nitrogens is 2. The summed E-state index contributed by atoms with van der Waals surface area (Å²) in [4.78, 5) is 0.180. The van der Waals surface area contributed by atoms with Gasteiger partial charge in [0.05, 0.1) is 11.1 Å². The minimum Gasteiger partial charge on any atom is -0.458 e. The minimum atomic E-state index is -3.74. The van der Waals surface area contributed by atoms with Crippen molar-refractivity contribution in [3.8, 4) is 0 Å². The molecule has 1 aromatic carbocycles. The summed E-state index contributed by atoms with van der Waals surface area (Å²) in [5.41, 5.74) is 1.24. The molecule has 3 aromatic rings. The topological polar surface area (TPSA) is 73.1 Å². The van der Waals surface area contributed by atoms with E-state index in [9.17, 15) is 8.42 Å². The van der Waals surface area contributed by atoms with Crippen LogP contribution in [0.2, 0.25) is 0 Å². The highest BCUT2D eigenvalue weighted by Crippen LogP contribution is 2.27. The normalized spacial score (nSPS) is 11.9. The van der Waals surface area contributed by atoms with Gasteiger partial charge >= 0.3 is 0 Å². The molecule has 0 amide bonds. The Labute approximate surface area is 116 Å². The van der Waals surface area contributed by atoms with E-state index in [2.05, 4.69) is 10.2 Å². The Balaban J connectivity index is 2.26. The number of rotatable bonds is 2. The number of nitrogens with zero attached hydrogens (tertiary/aromatic N) is 2. The maximum atomic E-state index is 12.6. The largest absolute Gasteiger partial charge is 0.458 e. The molecule has 0 saturated heterocycles. The molecule has 3 rings (SSSR count). The third-order valence-corrected chi connectivity index (χ3v) is 4.68. The van der Waals surface area contributed by atoms with Crippen molar-refractivity contribution in [3.63, 3.8) is 0 Å². The van der Waals surface area contributed by atoms with Crippen molar-refractivity contribution < 1.29 is 12.8 Å². The molecule has 2 aromatic heterocycles. The van der Waals surface area contributed by atoms with E-state index in [1.54, 1.807) is 37.3 Å². The average molecular weight is 288 g/mol. The molecule has 0 aliphatic carbocycles. The molecule has 0 fully saturated rings. The van der Waals surface area contributed by atoms with Crippen LogP contribution in [0.25, 0.3) is 11.0 Å². The Hall–Kier alpha value is -2.21. The van der Waals surface area contributed by atoms with Crippen LogP contribution >= 0.6 is 0 Å². The maximum absolute atomic E-state index is 12.6. The van der Waals surface area contributed by atoms with Crippen molar-refractivity contribution in [2.24, 2.45) is 0 Å². The molecule has 6 heteroatoms. The van der Waals surface area contributed by atoms with Crippen LogP contribution in [0, 0.1) is 13.8 Å². The third-order valence-electron chi connectivity index (χ3n) is 3.01. The molecule has 2 heterocycles. The fraction of sp³-hybridized carbons (Fsp3) is 0.143. The molecule has 0 atom stereocenters. The van der Waals surface area contributed by atoms with Crippen molar-refractivity contribution in [2.75, 3.05) is 0 Å². The summed E-state index contributed by atoms with van der Waals surface area (Å²) in [7, 11) is -3.74. The van der Waals surface area contributed by atoms with Gasteiger partial charge in [0.15, 0.2) is 5.58 Å². The van der Waals surface area contributed by atoms with Crippen LogP contribution in [-0.2, 0) is 9.84 Å². The van der Waals surface area contributed by atoms with Gasteiger partial charge in [0.1, 0.15) is 5.76 Å². The van der Waals surface area contributed by atoms with Crippen LogP contribution in [0.1, 0.15) is 11.3 Å². The second-order valence-corrected chi connectivity index (χ2v) is 6.47. The summed E-state index contributed by atoms with van der Waals surface area (Å²) in [6.07, 6.45) is 1.49. The molecule has 0 N–H and O–H groups in total. The second-order valence-electron chi connectivity index (χ2n) is 4.61. The zero-order chi connectivity index (χ0) is 14.3. The monoisotopic (exact) mass is 288 g/mol. The molecule has 5 nitrogen and oxygen atoms in total. The lowest BCUT2D eigenvalue weighted by atomic mass is 10.2. The van der Waals surface area contributed by atoms with Gasteiger partial charge in [-0.2, -0.15) is 5.10 Å². The first kappa shape index (κ1) is 12.8. The number of fused-ring (bicyclic) bond motifs is 1. The second kappa shape index (κ2) is 4.42. The Kier molecular flexibility index (Phi) is 2.83. The van der Waals surface area contributed by atoms with Gasteiger partial charge in [-0.25, -0.2) is 8.42 Å². The van der Waals surface area contributed by atoms with Gasteiger partial charge in [-0.05, 0) is 32.0 Å². The van der Waals surface area contributed by atoms with Gasteiger partial charge in [0, 0.05) is 5.39 Å². The number of sulfone groups is 1. The Morgan fingerprint density at radius 2 is 1.80 bits per heavy atom. The first-order valence-electron chi connectivity index (χ1n) is 6.02. The van der Waals surface area contributed by atoms with Crippen LogP contribution in [0.3, 0.4) is 0 Å². The zero-order valence-electron chi connectivity index (χ0n) is 11.0. The van der Waals surface area contributed by atoms with Crippen molar-refractivity contribution >= 4 is 20.8 Å². The van der Waals surface area contributed by atoms with E-state index >= 15 is 0 Å². The van der Waals surface area contributed by atoms with Gasteiger partial charge in [0.25, 0.3) is 0 Å². The lowest BCUT2D eigenvalue weighted by Gasteiger charge is -2.03. The fourth-order valence-electron chi connectivity index (χ4n) is 1.99. The van der Waals surface area contributed by atoms with Crippen molar-refractivity contribution in [2.45, 2.75) is 23.8 Å². The highest BCUT2D eigenvalue weighted by atomic mass is 32.2. The molecule has 20 heavy (non-hydrogen) atoms. The SMILES string of the molecule is Cc1ccc(S(=O)(=O)c2nncc3cc(C)oc23)cc1. The van der Waals surface area contributed by atoms with Crippen molar-refractivity contribution in [3.05, 3.63) is 47.9 Å².